The lowest BCUT2D eigenvalue weighted by Crippen LogP contribution is -2.53. The van der Waals surface area contributed by atoms with Crippen LogP contribution in [0, 0.1) is 0 Å². The van der Waals surface area contributed by atoms with Crippen LogP contribution in [0.4, 0.5) is 0 Å². The molecule has 1 fully saturated rings. The van der Waals surface area contributed by atoms with Crippen LogP contribution in [0.1, 0.15) is 35.7 Å². The number of rotatable bonds is 4. The average molecular weight is 326 g/mol. The Labute approximate surface area is 122 Å². The van der Waals surface area contributed by atoms with Crippen molar-refractivity contribution in [2.75, 3.05) is 18.5 Å². The Kier molecular flexibility index (Phi) is 4.99. The molecule has 0 bridgehead atoms. The first-order valence-electron chi connectivity index (χ1n) is 6.75. The molecule has 2 rings (SSSR count). The quantitative estimate of drug-likeness (QED) is 0.864. The molecule has 0 saturated carbocycles. The molecule has 1 amide bonds. The summed E-state index contributed by atoms with van der Waals surface area (Å²) in [5, 5.41) is 3.97. The van der Waals surface area contributed by atoms with Gasteiger partial charge in [0.2, 0.25) is 0 Å². The Morgan fingerprint density at radius 2 is 2.05 bits per heavy atom. The predicted molar refractivity (Wildman–Crippen MR) is 79.9 cm³/mol. The van der Waals surface area contributed by atoms with Crippen molar-refractivity contribution < 1.29 is 9.53 Å². The average Bonchev–Trinajstić information content (AvgIpc) is 2.48. The number of halogens is 1. The summed E-state index contributed by atoms with van der Waals surface area (Å²) in [6.45, 7) is 3.49. The molecule has 0 spiro atoms. The zero-order valence-corrected chi connectivity index (χ0v) is 12.8. The lowest BCUT2D eigenvalue weighted by molar-refractivity contribution is 0.0441. The molecule has 1 heterocycles. The van der Waals surface area contributed by atoms with E-state index >= 15 is 0 Å². The lowest BCUT2D eigenvalue weighted by atomic mass is 9.91. The highest BCUT2D eigenvalue weighted by Crippen LogP contribution is 2.24. The predicted octanol–water partition coefficient (Wildman–Crippen LogP) is 2.92. The van der Waals surface area contributed by atoms with E-state index in [-0.39, 0.29) is 11.4 Å². The fraction of sp³-hybridized carbons (Fsp3) is 0.533. The van der Waals surface area contributed by atoms with E-state index in [1.165, 1.54) is 0 Å². The maximum absolute atomic E-state index is 12.5. The molecule has 104 valence electrons. The Morgan fingerprint density at radius 3 is 2.68 bits per heavy atom. The lowest BCUT2D eigenvalue weighted by Gasteiger charge is -2.36. The minimum Gasteiger partial charge on any atom is -0.381 e. The van der Waals surface area contributed by atoms with E-state index in [0.717, 1.165) is 35.7 Å². The smallest absolute Gasteiger partial charge is 0.252 e. The molecule has 1 aromatic rings. The van der Waals surface area contributed by atoms with E-state index in [1.807, 2.05) is 24.3 Å². The van der Waals surface area contributed by atoms with Crippen LogP contribution in [-0.2, 0) is 11.2 Å². The van der Waals surface area contributed by atoms with Gasteiger partial charge in [0.1, 0.15) is 0 Å². The minimum atomic E-state index is -0.170. The Bertz CT molecular complexity index is 442. The third-order valence-corrected chi connectivity index (χ3v) is 4.80. The Morgan fingerprint density at radius 1 is 1.37 bits per heavy atom. The third-order valence-electron chi connectivity index (χ3n) is 3.73. The number of ether oxygens (including phenoxy) is 1. The van der Waals surface area contributed by atoms with Crippen LogP contribution < -0.4 is 5.32 Å². The van der Waals surface area contributed by atoms with Gasteiger partial charge in [-0.3, -0.25) is 4.79 Å². The standard InChI is InChI=1S/C15H20BrNO2/c1-2-12-5-3-4-6-13(12)14(18)17-15(11-16)7-9-19-10-8-15/h3-6H,2,7-11H2,1H3,(H,17,18). The van der Waals surface area contributed by atoms with Crippen LogP contribution >= 0.6 is 15.9 Å². The number of carbonyl (C=O) groups is 1. The number of hydrogen-bond acceptors (Lipinski definition) is 2. The zero-order valence-electron chi connectivity index (χ0n) is 11.2. The number of alkyl halides is 1. The van der Waals surface area contributed by atoms with Crippen LogP contribution in [0.3, 0.4) is 0 Å². The van der Waals surface area contributed by atoms with Crippen molar-refractivity contribution in [2.45, 2.75) is 31.7 Å². The van der Waals surface area contributed by atoms with Crippen LogP contribution in [0.15, 0.2) is 24.3 Å². The summed E-state index contributed by atoms with van der Waals surface area (Å²) in [6, 6.07) is 7.80. The van der Waals surface area contributed by atoms with E-state index < -0.39 is 0 Å². The van der Waals surface area contributed by atoms with Gasteiger partial charge in [-0.1, -0.05) is 41.1 Å². The fourth-order valence-corrected chi connectivity index (χ4v) is 3.11. The summed E-state index contributed by atoms with van der Waals surface area (Å²) in [5.41, 5.74) is 1.71. The third kappa shape index (κ3) is 3.37. The summed E-state index contributed by atoms with van der Waals surface area (Å²) >= 11 is 3.53. The molecule has 1 N–H and O–H groups in total. The summed E-state index contributed by atoms with van der Waals surface area (Å²) in [5.74, 6) is 0.0267. The van der Waals surface area contributed by atoms with Crippen LogP contribution in [-0.4, -0.2) is 30.0 Å². The maximum atomic E-state index is 12.5. The molecule has 0 aliphatic carbocycles. The van der Waals surface area contributed by atoms with Gasteiger partial charge in [-0.05, 0) is 30.9 Å². The minimum absolute atomic E-state index is 0.0267. The number of aryl methyl sites for hydroxylation is 1. The topological polar surface area (TPSA) is 38.3 Å². The van der Waals surface area contributed by atoms with Gasteiger partial charge in [0.15, 0.2) is 0 Å². The highest BCUT2D eigenvalue weighted by atomic mass is 79.9. The van der Waals surface area contributed by atoms with Gasteiger partial charge in [-0.25, -0.2) is 0 Å². The molecule has 0 aromatic heterocycles. The summed E-state index contributed by atoms with van der Waals surface area (Å²) in [7, 11) is 0. The molecule has 0 unspecified atom stereocenters. The largest absolute Gasteiger partial charge is 0.381 e. The van der Waals surface area contributed by atoms with Crippen molar-refractivity contribution in [1.82, 2.24) is 5.32 Å². The molecule has 1 aromatic carbocycles. The molecule has 1 aliphatic heterocycles. The zero-order chi connectivity index (χ0) is 13.7. The van der Waals surface area contributed by atoms with Gasteiger partial charge in [0, 0.05) is 24.1 Å². The van der Waals surface area contributed by atoms with Gasteiger partial charge < -0.3 is 10.1 Å². The molecule has 4 heteroatoms. The normalized spacial score (nSPS) is 18.0. The van der Waals surface area contributed by atoms with Gasteiger partial charge in [0.25, 0.3) is 5.91 Å². The maximum Gasteiger partial charge on any atom is 0.252 e. The van der Waals surface area contributed by atoms with Gasteiger partial charge in [0.05, 0.1) is 5.54 Å². The van der Waals surface area contributed by atoms with Crippen molar-refractivity contribution in [3.05, 3.63) is 35.4 Å². The highest BCUT2D eigenvalue weighted by molar-refractivity contribution is 9.09. The van der Waals surface area contributed by atoms with Gasteiger partial charge >= 0.3 is 0 Å². The molecule has 3 nitrogen and oxygen atoms in total. The molecule has 19 heavy (non-hydrogen) atoms. The van der Waals surface area contributed by atoms with Gasteiger partial charge in [-0.2, -0.15) is 0 Å². The number of carbonyl (C=O) groups excluding carboxylic acids is 1. The van der Waals surface area contributed by atoms with E-state index in [0.29, 0.717) is 13.2 Å². The summed E-state index contributed by atoms with van der Waals surface area (Å²) in [6.07, 6.45) is 2.59. The van der Waals surface area contributed by atoms with E-state index in [4.69, 9.17) is 4.74 Å². The van der Waals surface area contributed by atoms with E-state index in [2.05, 4.69) is 28.2 Å². The number of hydrogen-bond donors (Lipinski definition) is 1. The summed E-state index contributed by atoms with van der Waals surface area (Å²) < 4.78 is 5.39. The SMILES string of the molecule is CCc1ccccc1C(=O)NC1(CBr)CCOCC1. The second-order valence-electron chi connectivity index (χ2n) is 4.99. The first kappa shape index (κ1) is 14.5. The monoisotopic (exact) mass is 325 g/mol. The first-order chi connectivity index (χ1) is 9.21. The van der Waals surface area contributed by atoms with Crippen LogP contribution in [0.2, 0.25) is 0 Å². The summed E-state index contributed by atoms with van der Waals surface area (Å²) in [4.78, 5) is 12.5. The molecule has 0 radical (unpaired) electrons. The van der Waals surface area contributed by atoms with Crippen LogP contribution in [0.5, 0.6) is 0 Å². The molecule has 1 aliphatic rings. The van der Waals surface area contributed by atoms with Crippen molar-refractivity contribution in [3.63, 3.8) is 0 Å². The molecule has 1 saturated heterocycles. The van der Waals surface area contributed by atoms with E-state index in [9.17, 15) is 4.79 Å². The van der Waals surface area contributed by atoms with Crippen molar-refractivity contribution >= 4 is 21.8 Å². The molecule has 0 atom stereocenters. The Balaban J connectivity index is 2.15. The van der Waals surface area contributed by atoms with Crippen molar-refractivity contribution in [1.29, 1.82) is 0 Å². The second kappa shape index (κ2) is 6.53. The van der Waals surface area contributed by atoms with Crippen LogP contribution in [0.25, 0.3) is 0 Å². The molecular formula is C15H20BrNO2. The highest BCUT2D eigenvalue weighted by Gasteiger charge is 2.33. The first-order valence-corrected chi connectivity index (χ1v) is 7.87. The fourth-order valence-electron chi connectivity index (χ4n) is 2.41. The number of benzene rings is 1. The second-order valence-corrected chi connectivity index (χ2v) is 5.55. The molecular weight excluding hydrogens is 306 g/mol. The number of amides is 1. The number of nitrogens with one attached hydrogen (secondary N) is 1. The Hall–Kier alpha value is -0.870. The van der Waals surface area contributed by atoms with Crippen molar-refractivity contribution in [3.8, 4) is 0 Å². The van der Waals surface area contributed by atoms with Gasteiger partial charge in [-0.15, -0.1) is 0 Å². The van der Waals surface area contributed by atoms with E-state index in [1.54, 1.807) is 0 Å². The van der Waals surface area contributed by atoms with Crippen molar-refractivity contribution in [2.24, 2.45) is 0 Å².